The van der Waals surface area contributed by atoms with Crippen LogP contribution in [0.1, 0.15) is 11.5 Å². The minimum Gasteiger partial charge on any atom is -0.433 e. The minimum absolute atomic E-state index is 0.333. The van der Waals surface area contributed by atoms with Crippen LogP contribution < -0.4 is 0 Å². The molecule has 0 amide bonds. The van der Waals surface area contributed by atoms with Gasteiger partial charge in [0.05, 0.1) is 5.69 Å². The van der Waals surface area contributed by atoms with Crippen molar-refractivity contribution in [1.82, 2.24) is 4.98 Å². The van der Waals surface area contributed by atoms with Gasteiger partial charge in [0.25, 0.3) is 5.22 Å². The predicted octanol–water partition coefficient (Wildman–Crippen LogP) is 1.85. The molecule has 1 aromatic rings. The van der Waals surface area contributed by atoms with Crippen LogP contribution in [-0.4, -0.2) is 4.98 Å². The summed E-state index contributed by atoms with van der Waals surface area (Å²) in [5, 5.41) is 0.333. The molecule has 0 bridgehead atoms. The molecular weight excluding hydrogens is 122 g/mol. The summed E-state index contributed by atoms with van der Waals surface area (Å²) in [7, 11) is 0. The molecule has 1 heterocycles. The Balaban J connectivity index is 3.14. The van der Waals surface area contributed by atoms with Gasteiger partial charge in [-0.25, -0.2) is 4.98 Å². The van der Waals surface area contributed by atoms with Crippen LogP contribution in [0, 0.1) is 13.8 Å². The Morgan fingerprint density at radius 1 is 1.50 bits per heavy atom. The molecule has 43 valence electrons. The van der Waals surface area contributed by atoms with E-state index >= 15 is 0 Å². The molecule has 0 spiro atoms. The van der Waals surface area contributed by atoms with Gasteiger partial charge in [-0.2, -0.15) is 0 Å². The van der Waals surface area contributed by atoms with Gasteiger partial charge in [-0.1, -0.05) is 0 Å². The van der Waals surface area contributed by atoms with E-state index in [1.165, 1.54) is 0 Å². The lowest BCUT2D eigenvalue weighted by Gasteiger charge is -1.76. The number of aryl methyl sites for hydroxylation is 2. The largest absolute Gasteiger partial charge is 0.433 e. The van der Waals surface area contributed by atoms with E-state index in [1.807, 2.05) is 13.8 Å². The standard InChI is InChI=1S/C5H6NOS/c1-3-4(2)7-5(8)6-3/h1-2H3. The first-order chi connectivity index (χ1) is 3.70. The summed E-state index contributed by atoms with van der Waals surface area (Å²) in [6, 6.07) is 0. The van der Waals surface area contributed by atoms with Gasteiger partial charge in [0.2, 0.25) is 0 Å². The van der Waals surface area contributed by atoms with Crippen molar-refractivity contribution in [2.24, 2.45) is 0 Å². The zero-order valence-corrected chi connectivity index (χ0v) is 5.58. The van der Waals surface area contributed by atoms with Crippen molar-refractivity contribution in [2.75, 3.05) is 0 Å². The topological polar surface area (TPSA) is 26.0 Å². The zero-order chi connectivity index (χ0) is 6.15. The second-order valence-electron chi connectivity index (χ2n) is 1.62. The molecule has 1 aromatic heterocycles. The Morgan fingerprint density at radius 3 is 2.25 bits per heavy atom. The molecule has 0 saturated carbocycles. The van der Waals surface area contributed by atoms with Gasteiger partial charge in [0.15, 0.2) is 0 Å². The molecule has 0 aliphatic carbocycles. The Labute approximate surface area is 53.3 Å². The molecule has 0 aliphatic rings. The van der Waals surface area contributed by atoms with Crippen molar-refractivity contribution in [3.63, 3.8) is 0 Å². The van der Waals surface area contributed by atoms with E-state index in [4.69, 9.17) is 4.42 Å². The molecule has 0 atom stereocenters. The summed E-state index contributed by atoms with van der Waals surface area (Å²) in [6.45, 7) is 3.72. The van der Waals surface area contributed by atoms with E-state index in [1.54, 1.807) is 0 Å². The lowest BCUT2D eigenvalue weighted by molar-refractivity contribution is 0.433. The molecule has 3 heteroatoms. The average Bonchev–Trinajstić information content (AvgIpc) is 1.85. The molecule has 0 aromatic carbocycles. The number of rotatable bonds is 0. The van der Waals surface area contributed by atoms with Crippen LogP contribution in [-0.2, 0) is 0 Å². The summed E-state index contributed by atoms with van der Waals surface area (Å²) in [4.78, 5) is 3.86. The highest BCUT2D eigenvalue weighted by Crippen LogP contribution is 2.10. The molecule has 1 rings (SSSR count). The molecular formula is C5H6NOS. The molecule has 0 N–H and O–H groups in total. The van der Waals surface area contributed by atoms with Crippen LogP contribution in [0.2, 0.25) is 0 Å². The molecule has 8 heavy (non-hydrogen) atoms. The SMILES string of the molecule is Cc1nc([S])oc1C. The number of hydrogen-bond acceptors (Lipinski definition) is 2. The summed E-state index contributed by atoms with van der Waals surface area (Å²) < 4.78 is 4.92. The van der Waals surface area contributed by atoms with Gasteiger partial charge in [-0.15, -0.1) is 0 Å². The van der Waals surface area contributed by atoms with Crippen molar-refractivity contribution >= 4 is 12.6 Å². The highest BCUT2D eigenvalue weighted by Gasteiger charge is 1.99. The van der Waals surface area contributed by atoms with Crippen molar-refractivity contribution in [3.05, 3.63) is 11.5 Å². The quantitative estimate of drug-likeness (QED) is 0.533. The summed E-state index contributed by atoms with van der Waals surface area (Å²) in [5.41, 5.74) is 0.884. The van der Waals surface area contributed by atoms with Crippen LogP contribution in [0.5, 0.6) is 0 Å². The van der Waals surface area contributed by atoms with Gasteiger partial charge in [0.1, 0.15) is 5.76 Å². The molecule has 2 nitrogen and oxygen atoms in total. The Morgan fingerprint density at radius 2 is 2.12 bits per heavy atom. The zero-order valence-electron chi connectivity index (χ0n) is 4.76. The maximum absolute atomic E-state index is 4.92. The summed E-state index contributed by atoms with van der Waals surface area (Å²) >= 11 is 4.64. The number of oxazole rings is 1. The van der Waals surface area contributed by atoms with Crippen LogP contribution >= 0.6 is 12.6 Å². The fourth-order valence-electron chi connectivity index (χ4n) is 0.443. The molecule has 0 aliphatic heterocycles. The van der Waals surface area contributed by atoms with Gasteiger partial charge in [-0.3, -0.25) is 0 Å². The Kier molecular flexibility index (Phi) is 1.21. The monoisotopic (exact) mass is 128 g/mol. The third kappa shape index (κ3) is 0.816. The lowest BCUT2D eigenvalue weighted by atomic mass is 10.4. The first-order valence-electron chi connectivity index (χ1n) is 2.31. The third-order valence-corrected chi connectivity index (χ3v) is 1.18. The first kappa shape index (κ1) is 5.56. The van der Waals surface area contributed by atoms with E-state index < -0.39 is 0 Å². The fraction of sp³-hybridized carbons (Fsp3) is 0.400. The third-order valence-electron chi connectivity index (χ3n) is 1.01. The molecule has 0 fully saturated rings. The number of hydrogen-bond donors (Lipinski definition) is 0. The van der Waals surface area contributed by atoms with Crippen molar-refractivity contribution in [1.29, 1.82) is 0 Å². The number of aromatic nitrogens is 1. The van der Waals surface area contributed by atoms with E-state index in [2.05, 4.69) is 17.6 Å². The normalized spacial score (nSPS) is 9.75. The van der Waals surface area contributed by atoms with E-state index in [0.717, 1.165) is 11.5 Å². The predicted molar refractivity (Wildman–Crippen MR) is 31.8 cm³/mol. The molecule has 1 radical (unpaired) electrons. The smallest absolute Gasteiger partial charge is 0.289 e. The Hall–Kier alpha value is -0.570. The maximum Gasteiger partial charge on any atom is 0.289 e. The highest BCUT2D eigenvalue weighted by molar-refractivity contribution is 7.80. The van der Waals surface area contributed by atoms with Crippen LogP contribution in [0.25, 0.3) is 0 Å². The van der Waals surface area contributed by atoms with E-state index in [-0.39, 0.29) is 0 Å². The van der Waals surface area contributed by atoms with Crippen LogP contribution in [0.4, 0.5) is 0 Å². The summed E-state index contributed by atoms with van der Waals surface area (Å²) in [6.07, 6.45) is 0. The maximum atomic E-state index is 4.92. The summed E-state index contributed by atoms with van der Waals surface area (Å²) in [5.74, 6) is 0.815. The first-order valence-corrected chi connectivity index (χ1v) is 2.72. The van der Waals surface area contributed by atoms with Crippen molar-refractivity contribution < 1.29 is 4.42 Å². The second kappa shape index (κ2) is 1.74. The second-order valence-corrected chi connectivity index (χ2v) is 1.97. The number of nitrogens with zero attached hydrogens (tertiary/aromatic N) is 1. The van der Waals surface area contributed by atoms with Gasteiger partial charge in [0, 0.05) is 0 Å². The van der Waals surface area contributed by atoms with Crippen LogP contribution in [0.3, 0.4) is 0 Å². The van der Waals surface area contributed by atoms with Crippen molar-refractivity contribution in [3.8, 4) is 0 Å². The van der Waals surface area contributed by atoms with Crippen LogP contribution in [0.15, 0.2) is 9.64 Å². The van der Waals surface area contributed by atoms with E-state index in [9.17, 15) is 0 Å². The van der Waals surface area contributed by atoms with Crippen molar-refractivity contribution in [2.45, 2.75) is 19.1 Å². The lowest BCUT2D eigenvalue weighted by Crippen LogP contribution is -1.70. The van der Waals surface area contributed by atoms with Gasteiger partial charge >= 0.3 is 0 Å². The van der Waals surface area contributed by atoms with Gasteiger partial charge in [-0.05, 0) is 26.5 Å². The molecule has 0 saturated heterocycles. The van der Waals surface area contributed by atoms with Gasteiger partial charge < -0.3 is 4.42 Å². The Bertz CT molecular complexity index is 175. The molecule has 0 unspecified atom stereocenters. The highest BCUT2D eigenvalue weighted by atomic mass is 32.1. The fourth-order valence-corrected chi connectivity index (χ4v) is 0.705. The average molecular weight is 128 g/mol. The minimum atomic E-state index is 0.333. The van der Waals surface area contributed by atoms with E-state index in [0.29, 0.717) is 5.22 Å².